The van der Waals surface area contributed by atoms with Crippen LogP contribution in [0.25, 0.3) is 0 Å². The second-order valence-electron chi connectivity index (χ2n) is 12.9. The van der Waals surface area contributed by atoms with Gasteiger partial charge in [0.25, 0.3) is 0 Å². The van der Waals surface area contributed by atoms with Crippen molar-refractivity contribution in [3.05, 3.63) is 167 Å². The van der Waals surface area contributed by atoms with Gasteiger partial charge in [0.05, 0.1) is 53.0 Å². The van der Waals surface area contributed by atoms with Crippen LogP contribution in [0.4, 0.5) is 0 Å². The monoisotopic (exact) mass is 738 g/mol. The molecule has 0 bridgehead atoms. The lowest BCUT2D eigenvalue weighted by Gasteiger charge is -2.45. The van der Waals surface area contributed by atoms with E-state index in [2.05, 4.69) is 0 Å². The van der Waals surface area contributed by atoms with Crippen molar-refractivity contribution in [2.75, 3.05) is 20.8 Å². The normalized spacial score (nSPS) is 20.2. The van der Waals surface area contributed by atoms with Crippen molar-refractivity contribution >= 4 is 9.84 Å². The molecular formula is C43H46O9S. The lowest BCUT2D eigenvalue weighted by molar-refractivity contribution is -0.256. The first-order valence-corrected chi connectivity index (χ1v) is 19.3. The van der Waals surface area contributed by atoms with Crippen LogP contribution in [0.1, 0.15) is 27.8 Å². The summed E-state index contributed by atoms with van der Waals surface area (Å²) in [5, 5.41) is 0. The quantitative estimate of drug-likeness (QED) is 0.0917. The average molecular weight is 739 g/mol. The van der Waals surface area contributed by atoms with Crippen LogP contribution in [-0.2, 0) is 65.7 Å². The van der Waals surface area contributed by atoms with Crippen molar-refractivity contribution in [1.29, 1.82) is 0 Å². The summed E-state index contributed by atoms with van der Waals surface area (Å²) in [4.78, 5) is 0. The summed E-state index contributed by atoms with van der Waals surface area (Å²) >= 11 is 0. The molecule has 278 valence electrons. The van der Waals surface area contributed by atoms with E-state index in [0.717, 1.165) is 22.3 Å². The molecule has 1 heterocycles. The summed E-state index contributed by atoms with van der Waals surface area (Å²) < 4.78 is 73.2. The van der Waals surface area contributed by atoms with Crippen molar-refractivity contribution in [2.24, 2.45) is 0 Å². The fraction of sp³-hybridized carbons (Fsp3) is 0.302. The van der Waals surface area contributed by atoms with Gasteiger partial charge in [0, 0.05) is 6.07 Å². The van der Waals surface area contributed by atoms with Gasteiger partial charge in [0.15, 0.2) is 15.3 Å². The Labute approximate surface area is 312 Å². The van der Waals surface area contributed by atoms with Crippen LogP contribution < -0.4 is 9.47 Å². The maximum atomic E-state index is 14.7. The summed E-state index contributed by atoms with van der Waals surface area (Å²) in [7, 11) is -1.06. The molecule has 1 saturated heterocycles. The van der Waals surface area contributed by atoms with Gasteiger partial charge in [0.2, 0.25) is 0 Å². The second-order valence-corrected chi connectivity index (χ2v) is 14.9. The molecule has 0 spiro atoms. The first kappa shape index (κ1) is 38.2. The predicted molar refractivity (Wildman–Crippen MR) is 202 cm³/mol. The van der Waals surface area contributed by atoms with E-state index in [0.29, 0.717) is 23.7 Å². The number of sulfone groups is 1. The Morgan fingerprint density at radius 1 is 0.509 bits per heavy atom. The number of ether oxygens (including phenoxy) is 7. The summed E-state index contributed by atoms with van der Waals surface area (Å²) in [5.74, 6) is 0.581. The van der Waals surface area contributed by atoms with Gasteiger partial charge in [0.1, 0.15) is 35.9 Å². The molecule has 5 aromatic carbocycles. The highest BCUT2D eigenvalue weighted by molar-refractivity contribution is 7.91. The first-order chi connectivity index (χ1) is 25.9. The molecule has 1 aliphatic rings. The van der Waals surface area contributed by atoms with E-state index >= 15 is 0 Å². The van der Waals surface area contributed by atoms with Crippen molar-refractivity contribution in [2.45, 2.75) is 62.0 Å². The van der Waals surface area contributed by atoms with Crippen LogP contribution in [0, 0.1) is 0 Å². The summed E-state index contributed by atoms with van der Waals surface area (Å²) in [6.45, 7) is 0.904. The summed E-state index contributed by atoms with van der Waals surface area (Å²) in [5.41, 5.74) is 2.75. The molecule has 5 atom stereocenters. The second kappa shape index (κ2) is 19.0. The van der Waals surface area contributed by atoms with Crippen LogP contribution in [0.3, 0.4) is 0 Å². The number of hydrogen-bond acceptors (Lipinski definition) is 9. The predicted octanol–water partition coefficient (Wildman–Crippen LogP) is 7.32. The van der Waals surface area contributed by atoms with Gasteiger partial charge in [-0.1, -0.05) is 121 Å². The van der Waals surface area contributed by atoms with E-state index in [1.54, 1.807) is 18.2 Å². The molecule has 0 radical (unpaired) electrons. The molecule has 53 heavy (non-hydrogen) atoms. The number of benzene rings is 5. The third-order valence-corrected chi connectivity index (χ3v) is 10.8. The average Bonchev–Trinajstić information content (AvgIpc) is 3.20. The highest BCUT2D eigenvalue weighted by Crippen LogP contribution is 2.35. The molecule has 1 fully saturated rings. The molecular weight excluding hydrogens is 693 g/mol. The van der Waals surface area contributed by atoms with Crippen LogP contribution in [0.5, 0.6) is 11.5 Å². The Hall–Kier alpha value is -4.55. The van der Waals surface area contributed by atoms with Crippen LogP contribution in [0.2, 0.25) is 0 Å². The molecule has 0 N–H and O–H groups in total. The Morgan fingerprint density at radius 2 is 0.925 bits per heavy atom. The molecule has 1 aliphatic heterocycles. The smallest absolute Gasteiger partial charge is 0.188 e. The molecule has 5 aromatic rings. The van der Waals surface area contributed by atoms with Gasteiger partial charge in [-0.25, -0.2) is 8.42 Å². The van der Waals surface area contributed by atoms with Crippen molar-refractivity contribution in [1.82, 2.24) is 0 Å². The van der Waals surface area contributed by atoms with E-state index in [9.17, 15) is 8.42 Å². The molecule has 0 amide bonds. The Bertz CT molecular complexity index is 1900. The zero-order valence-electron chi connectivity index (χ0n) is 30.0. The Balaban J connectivity index is 1.38. The van der Waals surface area contributed by atoms with E-state index in [1.807, 2.05) is 121 Å². The molecule has 0 aromatic heterocycles. The van der Waals surface area contributed by atoms with Gasteiger partial charge in [-0.2, -0.15) is 0 Å². The molecule has 6 rings (SSSR count). The third-order valence-electron chi connectivity index (χ3n) is 8.97. The fourth-order valence-corrected chi connectivity index (χ4v) is 8.05. The standard InChI is InChI=1S/C43H46O9S/c1-46-37-23-36(24-38(25-37)47-2)31-53(44,45)43-42(51-29-35-21-13-6-14-22-35)41(50-28-34-19-11-5-12-20-34)40(49-27-33-17-9-4-10-18-33)39(52-43)30-48-26-32-15-7-3-8-16-32/h3-25,39-43H,26-31H2,1-2H3/t39-,40-,41+,42-,43+/m1/s1. The van der Waals surface area contributed by atoms with Crippen molar-refractivity contribution in [3.8, 4) is 11.5 Å². The molecule has 0 saturated carbocycles. The van der Waals surface area contributed by atoms with Gasteiger partial charge >= 0.3 is 0 Å². The van der Waals surface area contributed by atoms with Crippen LogP contribution in [-0.4, -0.2) is 59.1 Å². The molecule has 0 unspecified atom stereocenters. The van der Waals surface area contributed by atoms with E-state index in [1.165, 1.54) is 14.2 Å². The largest absolute Gasteiger partial charge is 0.497 e. The topological polar surface area (TPSA) is 98.8 Å². The van der Waals surface area contributed by atoms with Gasteiger partial charge in [-0.3, -0.25) is 0 Å². The Kier molecular flexibility index (Phi) is 13.7. The van der Waals surface area contributed by atoms with Crippen molar-refractivity contribution < 1.29 is 41.6 Å². The SMILES string of the molecule is COc1cc(CS(=O)(=O)[C@@H]2O[C@H](COCc3ccccc3)[C@@H](OCc3ccccc3)[C@H](OCc3ccccc3)[C@H]2OCc2ccccc2)cc(OC)c1. The number of methoxy groups -OCH3 is 2. The van der Waals surface area contributed by atoms with Gasteiger partial charge in [-0.15, -0.1) is 0 Å². The fourth-order valence-electron chi connectivity index (χ4n) is 6.30. The first-order valence-electron chi connectivity index (χ1n) is 17.6. The van der Waals surface area contributed by atoms with Crippen LogP contribution >= 0.6 is 0 Å². The number of hydrogen-bond donors (Lipinski definition) is 0. The van der Waals surface area contributed by atoms with Gasteiger partial charge in [-0.05, 0) is 39.9 Å². The Morgan fingerprint density at radius 3 is 1.38 bits per heavy atom. The maximum Gasteiger partial charge on any atom is 0.188 e. The lowest BCUT2D eigenvalue weighted by atomic mass is 9.98. The van der Waals surface area contributed by atoms with E-state index in [4.69, 9.17) is 33.2 Å². The molecule has 0 aliphatic carbocycles. The highest BCUT2D eigenvalue weighted by Gasteiger charge is 2.53. The zero-order valence-corrected chi connectivity index (χ0v) is 30.8. The number of rotatable bonds is 18. The van der Waals surface area contributed by atoms with Gasteiger partial charge < -0.3 is 33.2 Å². The van der Waals surface area contributed by atoms with Crippen LogP contribution in [0.15, 0.2) is 140 Å². The zero-order chi connectivity index (χ0) is 36.9. The van der Waals surface area contributed by atoms with Crippen molar-refractivity contribution in [3.63, 3.8) is 0 Å². The summed E-state index contributed by atoms with van der Waals surface area (Å²) in [6, 6.07) is 44.0. The molecule has 9 nitrogen and oxygen atoms in total. The van der Waals surface area contributed by atoms with E-state index < -0.39 is 39.7 Å². The lowest BCUT2D eigenvalue weighted by Crippen LogP contribution is -2.63. The maximum absolute atomic E-state index is 14.7. The van der Waals surface area contributed by atoms with E-state index in [-0.39, 0.29) is 32.2 Å². The minimum atomic E-state index is -4.11. The molecule has 10 heteroatoms. The highest BCUT2D eigenvalue weighted by atomic mass is 32.2. The summed E-state index contributed by atoms with van der Waals surface area (Å²) in [6.07, 6.45) is -3.55. The third kappa shape index (κ3) is 10.8. The minimum absolute atomic E-state index is 0.0456. The minimum Gasteiger partial charge on any atom is -0.497 e.